The number of amides is 1. The lowest BCUT2D eigenvalue weighted by Gasteiger charge is -2.10. The second-order valence-corrected chi connectivity index (χ2v) is 9.02. The minimum absolute atomic E-state index is 0.00271. The number of carbonyl (C=O) groups excluding carboxylic acids is 2. The number of Topliss-reactive ketones (excluding diaryl/α,β-unsaturated/α-hetero) is 1. The molecule has 33 heavy (non-hydrogen) atoms. The molecule has 172 valence electrons. The SMILES string of the molecule is COc1cccc(CNC(=O)c2cc(S(=O)(=O)NCc3ccc(C(C)=O)c(C)c3)ncn2)c1. The fourth-order valence-electron chi connectivity index (χ4n) is 3.15. The van der Waals surface area contributed by atoms with Crippen LogP contribution in [-0.2, 0) is 23.1 Å². The number of aryl methyl sites for hydroxylation is 1. The topological polar surface area (TPSA) is 127 Å². The van der Waals surface area contributed by atoms with Crippen LogP contribution in [0.5, 0.6) is 5.75 Å². The van der Waals surface area contributed by atoms with Crippen LogP contribution in [0.15, 0.2) is 59.9 Å². The zero-order chi connectivity index (χ0) is 24.0. The number of sulfonamides is 1. The molecule has 0 aliphatic heterocycles. The van der Waals surface area contributed by atoms with Gasteiger partial charge >= 0.3 is 0 Å². The van der Waals surface area contributed by atoms with Crippen LogP contribution in [0.25, 0.3) is 0 Å². The summed E-state index contributed by atoms with van der Waals surface area (Å²) < 4.78 is 33.0. The quantitative estimate of drug-likeness (QED) is 0.365. The highest BCUT2D eigenvalue weighted by molar-refractivity contribution is 7.89. The number of nitrogens with one attached hydrogen (secondary N) is 2. The Labute approximate surface area is 192 Å². The number of benzene rings is 2. The molecule has 0 aliphatic carbocycles. The molecule has 0 spiro atoms. The Morgan fingerprint density at radius 3 is 2.45 bits per heavy atom. The molecule has 2 aromatic carbocycles. The van der Waals surface area contributed by atoms with Crippen molar-refractivity contribution in [3.8, 4) is 5.75 Å². The Morgan fingerprint density at radius 2 is 1.76 bits per heavy atom. The van der Waals surface area contributed by atoms with Gasteiger partial charge in [0.25, 0.3) is 15.9 Å². The summed E-state index contributed by atoms with van der Waals surface area (Å²) in [4.78, 5) is 31.7. The second-order valence-electron chi connectivity index (χ2n) is 7.31. The van der Waals surface area contributed by atoms with Crippen molar-refractivity contribution in [3.05, 3.63) is 82.8 Å². The standard InChI is InChI=1S/C23H24N4O5S/c1-15-9-18(7-8-20(15)16(2)28)13-27-33(30,31)22-11-21(25-14-26-22)23(29)24-12-17-5-4-6-19(10-17)32-3/h4-11,14,27H,12-13H2,1-3H3,(H,24,29). The van der Waals surface area contributed by atoms with E-state index < -0.39 is 15.9 Å². The number of aromatic nitrogens is 2. The van der Waals surface area contributed by atoms with Crippen molar-refractivity contribution in [3.63, 3.8) is 0 Å². The zero-order valence-electron chi connectivity index (χ0n) is 18.5. The molecule has 9 nitrogen and oxygen atoms in total. The Morgan fingerprint density at radius 1 is 1.00 bits per heavy atom. The van der Waals surface area contributed by atoms with Gasteiger partial charge in [-0.25, -0.2) is 23.1 Å². The monoisotopic (exact) mass is 468 g/mol. The molecular weight excluding hydrogens is 444 g/mol. The molecule has 0 radical (unpaired) electrons. The second kappa shape index (κ2) is 10.3. The van der Waals surface area contributed by atoms with Crippen molar-refractivity contribution in [1.29, 1.82) is 0 Å². The average Bonchev–Trinajstić information content (AvgIpc) is 2.81. The van der Waals surface area contributed by atoms with E-state index in [0.717, 1.165) is 23.5 Å². The average molecular weight is 469 g/mol. The first-order valence-corrected chi connectivity index (χ1v) is 11.5. The van der Waals surface area contributed by atoms with E-state index in [4.69, 9.17) is 4.74 Å². The maximum absolute atomic E-state index is 12.7. The Kier molecular flexibility index (Phi) is 7.52. The van der Waals surface area contributed by atoms with E-state index in [1.165, 1.54) is 6.92 Å². The van der Waals surface area contributed by atoms with Gasteiger partial charge in [0.1, 0.15) is 17.8 Å². The molecule has 0 bridgehead atoms. The maximum Gasteiger partial charge on any atom is 0.270 e. The molecule has 2 N–H and O–H groups in total. The van der Waals surface area contributed by atoms with Crippen molar-refractivity contribution in [2.75, 3.05) is 7.11 Å². The third-order valence-electron chi connectivity index (χ3n) is 4.87. The number of nitrogens with zero attached hydrogens (tertiary/aromatic N) is 2. The predicted octanol–water partition coefficient (Wildman–Crippen LogP) is 2.40. The van der Waals surface area contributed by atoms with E-state index in [1.54, 1.807) is 50.4 Å². The van der Waals surface area contributed by atoms with E-state index in [9.17, 15) is 18.0 Å². The van der Waals surface area contributed by atoms with Gasteiger partial charge in [-0.15, -0.1) is 0 Å². The van der Waals surface area contributed by atoms with Gasteiger partial charge in [0.05, 0.1) is 7.11 Å². The van der Waals surface area contributed by atoms with Crippen LogP contribution in [0.3, 0.4) is 0 Å². The number of carbonyl (C=O) groups is 2. The summed E-state index contributed by atoms with van der Waals surface area (Å²) in [5.74, 6) is 0.0688. The molecule has 0 atom stereocenters. The molecule has 0 aliphatic rings. The predicted molar refractivity (Wildman–Crippen MR) is 121 cm³/mol. The summed E-state index contributed by atoms with van der Waals surface area (Å²) in [5.41, 5.74) is 2.77. The van der Waals surface area contributed by atoms with Gasteiger partial charge in [-0.2, -0.15) is 0 Å². The van der Waals surface area contributed by atoms with Crippen LogP contribution in [0.2, 0.25) is 0 Å². The van der Waals surface area contributed by atoms with Crippen LogP contribution >= 0.6 is 0 Å². The molecule has 0 fully saturated rings. The third-order valence-corrected chi connectivity index (χ3v) is 6.17. The lowest BCUT2D eigenvalue weighted by Crippen LogP contribution is -2.27. The smallest absolute Gasteiger partial charge is 0.270 e. The number of hydrogen-bond donors (Lipinski definition) is 2. The Balaban J connectivity index is 1.67. The summed E-state index contributed by atoms with van der Waals surface area (Å²) >= 11 is 0. The normalized spacial score (nSPS) is 11.1. The van der Waals surface area contributed by atoms with E-state index >= 15 is 0 Å². The molecule has 0 unspecified atom stereocenters. The van der Waals surface area contributed by atoms with E-state index in [0.29, 0.717) is 16.9 Å². The molecule has 10 heteroatoms. The Bertz CT molecular complexity index is 1290. The van der Waals surface area contributed by atoms with Crippen LogP contribution in [0.1, 0.15) is 44.5 Å². The molecule has 0 saturated carbocycles. The first-order chi connectivity index (χ1) is 15.7. The number of methoxy groups -OCH3 is 1. The van der Waals surface area contributed by atoms with Gasteiger partial charge in [-0.3, -0.25) is 9.59 Å². The zero-order valence-corrected chi connectivity index (χ0v) is 19.3. The molecule has 1 aromatic heterocycles. The summed E-state index contributed by atoms with van der Waals surface area (Å²) in [7, 11) is -2.44. The van der Waals surface area contributed by atoms with E-state index in [-0.39, 0.29) is 29.6 Å². The minimum Gasteiger partial charge on any atom is -0.497 e. The van der Waals surface area contributed by atoms with Crippen LogP contribution in [0.4, 0.5) is 0 Å². The Hall–Kier alpha value is -3.63. The molecule has 1 amide bonds. The summed E-state index contributed by atoms with van der Waals surface area (Å²) in [5, 5.41) is 2.38. The van der Waals surface area contributed by atoms with Crippen molar-refractivity contribution in [2.24, 2.45) is 0 Å². The summed E-state index contributed by atoms with van der Waals surface area (Å²) in [6.45, 7) is 3.48. The highest BCUT2D eigenvalue weighted by atomic mass is 32.2. The van der Waals surface area contributed by atoms with E-state index in [2.05, 4.69) is 20.0 Å². The lowest BCUT2D eigenvalue weighted by atomic mass is 10.0. The van der Waals surface area contributed by atoms with Crippen LogP contribution in [-0.4, -0.2) is 37.2 Å². The lowest BCUT2D eigenvalue weighted by molar-refractivity contribution is 0.0944. The maximum atomic E-state index is 12.7. The molecule has 1 heterocycles. The molecule has 3 aromatic rings. The first-order valence-electron chi connectivity index (χ1n) is 10.0. The number of rotatable bonds is 9. The third kappa shape index (κ3) is 6.21. The summed E-state index contributed by atoms with van der Waals surface area (Å²) in [6.07, 6.45) is 1.03. The number of hydrogen-bond acceptors (Lipinski definition) is 7. The summed E-state index contributed by atoms with van der Waals surface area (Å²) in [6, 6.07) is 13.4. The van der Waals surface area contributed by atoms with Gasteiger partial charge in [0.15, 0.2) is 10.8 Å². The van der Waals surface area contributed by atoms with Crippen molar-refractivity contribution >= 4 is 21.7 Å². The van der Waals surface area contributed by atoms with Crippen LogP contribution in [0, 0.1) is 6.92 Å². The number of ketones is 1. The largest absolute Gasteiger partial charge is 0.497 e. The number of ether oxygens (including phenoxy) is 1. The fraction of sp³-hybridized carbons (Fsp3) is 0.217. The van der Waals surface area contributed by atoms with Gasteiger partial charge in [0.2, 0.25) is 0 Å². The van der Waals surface area contributed by atoms with Gasteiger partial charge in [-0.1, -0.05) is 30.3 Å². The van der Waals surface area contributed by atoms with Crippen molar-refractivity contribution in [1.82, 2.24) is 20.0 Å². The van der Waals surface area contributed by atoms with Gasteiger partial charge in [0, 0.05) is 24.7 Å². The van der Waals surface area contributed by atoms with Crippen molar-refractivity contribution in [2.45, 2.75) is 32.0 Å². The van der Waals surface area contributed by atoms with Crippen LogP contribution < -0.4 is 14.8 Å². The molecule has 3 rings (SSSR count). The highest BCUT2D eigenvalue weighted by Gasteiger charge is 2.19. The minimum atomic E-state index is -3.99. The fourth-order valence-corrected chi connectivity index (χ4v) is 4.11. The van der Waals surface area contributed by atoms with Gasteiger partial charge < -0.3 is 10.1 Å². The first kappa shape index (κ1) is 24.0. The molecular formula is C23H24N4O5S. The highest BCUT2D eigenvalue weighted by Crippen LogP contribution is 2.14. The van der Waals surface area contributed by atoms with Crippen molar-refractivity contribution < 1.29 is 22.7 Å². The van der Waals surface area contributed by atoms with E-state index in [1.807, 2.05) is 6.07 Å². The molecule has 0 saturated heterocycles. The van der Waals surface area contributed by atoms with Gasteiger partial charge in [-0.05, 0) is 42.7 Å².